The van der Waals surface area contributed by atoms with Crippen molar-refractivity contribution >= 4 is 46.5 Å². The number of piperazine rings is 1. The molecule has 2 aromatic carbocycles. The molecule has 1 aromatic heterocycles. The first-order valence-corrected chi connectivity index (χ1v) is 9.93. The number of halogens is 1. The quantitative estimate of drug-likeness (QED) is 0.336. The highest BCUT2D eigenvalue weighted by Crippen LogP contribution is 2.18. The second-order valence-electron chi connectivity index (χ2n) is 7.02. The maximum absolute atomic E-state index is 4.50. The molecule has 1 saturated heterocycles. The molecule has 0 radical (unpaired) electrons. The number of anilines is 1. The molecule has 1 N–H and O–H groups in total. The summed E-state index contributed by atoms with van der Waals surface area (Å²) >= 11 is 0. The van der Waals surface area contributed by atoms with Gasteiger partial charge in [-0.25, -0.2) is 4.98 Å². The molecule has 0 atom stereocenters. The van der Waals surface area contributed by atoms with Gasteiger partial charge in [0.2, 0.25) is 0 Å². The summed E-state index contributed by atoms with van der Waals surface area (Å²) in [5.41, 5.74) is 1.38. The van der Waals surface area contributed by atoms with Gasteiger partial charge in [0.05, 0.1) is 0 Å². The van der Waals surface area contributed by atoms with Crippen LogP contribution in [0.25, 0.3) is 10.8 Å². The van der Waals surface area contributed by atoms with E-state index in [1.54, 1.807) is 0 Å². The van der Waals surface area contributed by atoms with E-state index in [0.29, 0.717) is 0 Å². The lowest BCUT2D eigenvalue weighted by atomic mass is 10.0. The van der Waals surface area contributed by atoms with Crippen molar-refractivity contribution in [2.45, 2.75) is 6.42 Å². The molecule has 152 valence electrons. The van der Waals surface area contributed by atoms with Gasteiger partial charge in [-0.15, -0.1) is 24.0 Å². The van der Waals surface area contributed by atoms with Gasteiger partial charge in [-0.05, 0) is 34.9 Å². The second-order valence-corrected chi connectivity index (χ2v) is 7.02. The zero-order valence-electron chi connectivity index (χ0n) is 16.8. The lowest BCUT2D eigenvalue weighted by Crippen LogP contribution is -2.53. The van der Waals surface area contributed by atoms with E-state index in [2.05, 4.69) is 73.6 Å². The van der Waals surface area contributed by atoms with Crippen LogP contribution in [0.2, 0.25) is 0 Å². The summed E-state index contributed by atoms with van der Waals surface area (Å²) in [6, 6.07) is 21.2. The van der Waals surface area contributed by atoms with E-state index in [9.17, 15) is 0 Å². The van der Waals surface area contributed by atoms with Gasteiger partial charge in [0, 0.05) is 46.0 Å². The summed E-state index contributed by atoms with van der Waals surface area (Å²) in [5.74, 6) is 2.04. The minimum atomic E-state index is 0. The minimum Gasteiger partial charge on any atom is -0.356 e. The van der Waals surface area contributed by atoms with E-state index in [-0.39, 0.29) is 24.0 Å². The lowest BCUT2D eigenvalue weighted by Gasteiger charge is -2.37. The van der Waals surface area contributed by atoms with Crippen molar-refractivity contribution in [3.05, 3.63) is 72.4 Å². The van der Waals surface area contributed by atoms with Crippen molar-refractivity contribution in [3.63, 3.8) is 0 Å². The van der Waals surface area contributed by atoms with Crippen molar-refractivity contribution in [1.82, 2.24) is 15.2 Å². The Bertz CT molecular complexity index is 931. The third-order valence-corrected chi connectivity index (χ3v) is 5.32. The molecule has 1 aliphatic heterocycles. The molecule has 0 unspecified atom stereocenters. The van der Waals surface area contributed by atoms with Crippen LogP contribution in [-0.4, -0.2) is 55.6 Å². The van der Waals surface area contributed by atoms with Crippen LogP contribution in [0.3, 0.4) is 0 Å². The molecule has 5 nitrogen and oxygen atoms in total. The zero-order valence-corrected chi connectivity index (χ0v) is 19.1. The van der Waals surface area contributed by atoms with Crippen molar-refractivity contribution < 1.29 is 0 Å². The SMILES string of the molecule is CN=C(NCCc1cccc2ccccc12)N1CCN(c2ccccn2)CC1.I. The number of hydrogen-bond acceptors (Lipinski definition) is 3. The van der Waals surface area contributed by atoms with E-state index in [0.717, 1.165) is 50.9 Å². The zero-order chi connectivity index (χ0) is 19.2. The highest BCUT2D eigenvalue weighted by Gasteiger charge is 2.20. The molecule has 0 saturated carbocycles. The highest BCUT2D eigenvalue weighted by molar-refractivity contribution is 14.0. The van der Waals surface area contributed by atoms with E-state index in [4.69, 9.17) is 0 Å². The maximum Gasteiger partial charge on any atom is 0.193 e. The molecule has 4 rings (SSSR count). The fraction of sp³-hybridized carbons (Fsp3) is 0.304. The van der Waals surface area contributed by atoms with Gasteiger partial charge in [-0.1, -0.05) is 48.5 Å². The van der Waals surface area contributed by atoms with Gasteiger partial charge in [-0.2, -0.15) is 0 Å². The molecule has 3 aromatic rings. The average molecular weight is 501 g/mol. The third-order valence-electron chi connectivity index (χ3n) is 5.32. The Kier molecular flexibility index (Phi) is 7.69. The second kappa shape index (κ2) is 10.4. The number of fused-ring (bicyclic) bond motifs is 1. The number of guanidine groups is 1. The van der Waals surface area contributed by atoms with Gasteiger partial charge in [0.25, 0.3) is 0 Å². The predicted molar refractivity (Wildman–Crippen MR) is 132 cm³/mol. The molecule has 0 aliphatic carbocycles. The average Bonchev–Trinajstić information content (AvgIpc) is 2.78. The van der Waals surface area contributed by atoms with Crippen LogP contribution in [0.15, 0.2) is 71.9 Å². The molecule has 0 spiro atoms. The van der Waals surface area contributed by atoms with Crippen LogP contribution in [0.1, 0.15) is 5.56 Å². The van der Waals surface area contributed by atoms with E-state index in [1.807, 2.05) is 25.4 Å². The fourth-order valence-electron chi connectivity index (χ4n) is 3.84. The largest absolute Gasteiger partial charge is 0.356 e. The molecule has 1 aliphatic rings. The fourth-order valence-corrected chi connectivity index (χ4v) is 3.84. The Labute approximate surface area is 189 Å². The van der Waals surface area contributed by atoms with Crippen molar-refractivity contribution in [2.24, 2.45) is 4.99 Å². The summed E-state index contributed by atoms with van der Waals surface area (Å²) in [5, 5.41) is 6.19. The Morgan fingerprint density at radius 1 is 0.966 bits per heavy atom. The van der Waals surface area contributed by atoms with Crippen molar-refractivity contribution in [3.8, 4) is 0 Å². The summed E-state index contributed by atoms with van der Waals surface area (Å²) in [6.07, 6.45) is 2.84. The molecule has 6 heteroatoms. The van der Waals surface area contributed by atoms with Crippen LogP contribution >= 0.6 is 24.0 Å². The van der Waals surface area contributed by atoms with Crippen molar-refractivity contribution in [2.75, 3.05) is 44.7 Å². The standard InChI is InChI=1S/C23H27N5.HI/c1-24-23(28-17-15-27(16-18-28)22-11-4-5-13-25-22)26-14-12-20-9-6-8-19-7-2-3-10-21(19)20;/h2-11,13H,12,14-18H2,1H3,(H,24,26);1H. The summed E-state index contributed by atoms with van der Waals surface area (Å²) in [4.78, 5) is 13.6. The van der Waals surface area contributed by atoms with Crippen LogP contribution in [-0.2, 0) is 6.42 Å². The lowest BCUT2D eigenvalue weighted by molar-refractivity contribution is 0.372. The van der Waals surface area contributed by atoms with Crippen LogP contribution in [0, 0.1) is 0 Å². The number of benzene rings is 2. The molecule has 29 heavy (non-hydrogen) atoms. The molecule has 0 bridgehead atoms. The van der Waals surface area contributed by atoms with Crippen LogP contribution in [0.4, 0.5) is 5.82 Å². The highest BCUT2D eigenvalue weighted by atomic mass is 127. The number of aromatic nitrogens is 1. The molecule has 1 fully saturated rings. The third kappa shape index (κ3) is 5.18. The number of rotatable bonds is 4. The molecular formula is C23H28IN5. The Morgan fingerprint density at radius 2 is 1.72 bits per heavy atom. The summed E-state index contributed by atoms with van der Waals surface area (Å²) in [7, 11) is 1.87. The number of nitrogens with one attached hydrogen (secondary N) is 1. The van der Waals surface area contributed by atoms with Gasteiger partial charge in [0.15, 0.2) is 5.96 Å². The Morgan fingerprint density at radius 3 is 2.48 bits per heavy atom. The molecule has 0 amide bonds. The van der Waals surface area contributed by atoms with Crippen LogP contribution < -0.4 is 10.2 Å². The van der Waals surface area contributed by atoms with Gasteiger partial charge >= 0.3 is 0 Å². The number of pyridine rings is 1. The van der Waals surface area contributed by atoms with Gasteiger partial charge in [0.1, 0.15) is 5.82 Å². The molecular weight excluding hydrogens is 473 g/mol. The smallest absolute Gasteiger partial charge is 0.193 e. The number of aliphatic imine (C=N–C) groups is 1. The Balaban J connectivity index is 0.00000240. The minimum absolute atomic E-state index is 0. The number of nitrogens with zero attached hydrogens (tertiary/aromatic N) is 4. The normalized spacial score (nSPS) is 14.6. The topological polar surface area (TPSA) is 43.8 Å². The summed E-state index contributed by atoms with van der Waals surface area (Å²) < 4.78 is 0. The molecule has 2 heterocycles. The first kappa shape index (κ1) is 21.4. The van der Waals surface area contributed by atoms with E-state index in [1.165, 1.54) is 16.3 Å². The maximum atomic E-state index is 4.50. The van der Waals surface area contributed by atoms with E-state index >= 15 is 0 Å². The van der Waals surface area contributed by atoms with E-state index < -0.39 is 0 Å². The predicted octanol–water partition coefficient (Wildman–Crippen LogP) is 3.79. The first-order valence-electron chi connectivity index (χ1n) is 9.93. The summed E-state index contributed by atoms with van der Waals surface area (Å²) in [6.45, 7) is 4.69. The van der Waals surface area contributed by atoms with Gasteiger partial charge < -0.3 is 15.1 Å². The Hall–Kier alpha value is -2.35. The van der Waals surface area contributed by atoms with Crippen molar-refractivity contribution in [1.29, 1.82) is 0 Å². The van der Waals surface area contributed by atoms with Gasteiger partial charge in [-0.3, -0.25) is 4.99 Å². The van der Waals surface area contributed by atoms with Crippen LogP contribution in [0.5, 0.6) is 0 Å². The first-order chi connectivity index (χ1) is 13.8. The number of hydrogen-bond donors (Lipinski definition) is 1. The monoisotopic (exact) mass is 501 g/mol.